The number of halogens is 1. The maximum absolute atomic E-state index is 6.43. The number of hydrogen-bond donors (Lipinski definition) is 1. The summed E-state index contributed by atoms with van der Waals surface area (Å²) in [5.41, 5.74) is 9.97. The smallest absolute Gasteiger partial charge is 0.136 e. The molecule has 2 aromatic rings. The number of rotatable bonds is 4. The number of benzene rings is 2. The van der Waals surface area contributed by atoms with E-state index in [4.69, 9.17) is 22.1 Å². The van der Waals surface area contributed by atoms with Crippen molar-refractivity contribution in [1.82, 2.24) is 0 Å². The predicted molar refractivity (Wildman–Crippen MR) is 96.8 cm³/mol. The minimum Gasteiger partial charge on any atom is -0.484 e. The van der Waals surface area contributed by atoms with Crippen LogP contribution in [0, 0.1) is 5.92 Å². The fourth-order valence-corrected chi connectivity index (χ4v) is 3.04. The van der Waals surface area contributed by atoms with Crippen LogP contribution >= 0.6 is 11.6 Å². The molecular weight excluding hydrogens is 306 g/mol. The molecule has 0 amide bonds. The van der Waals surface area contributed by atoms with Crippen LogP contribution in [0.2, 0.25) is 5.02 Å². The lowest BCUT2D eigenvalue weighted by atomic mass is 9.87. The number of fused-ring (bicyclic) bond motifs is 1. The van der Waals surface area contributed by atoms with Gasteiger partial charge >= 0.3 is 0 Å². The van der Waals surface area contributed by atoms with Crippen molar-refractivity contribution in [3.05, 3.63) is 70.3 Å². The molecule has 2 atom stereocenters. The van der Waals surface area contributed by atoms with Crippen LogP contribution in [0.25, 0.3) is 6.08 Å². The summed E-state index contributed by atoms with van der Waals surface area (Å²) in [6.07, 6.45) is 2.92. The van der Waals surface area contributed by atoms with Gasteiger partial charge in [-0.2, -0.15) is 0 Å². The summed E-state index contributed by atoms with van der Waals surface area (Å²) in [4.78, 5) is 0. The topological polar surface area (TPSA) is 35.2 Å². The Bertz CT molecular complexity index is 709. The number of nitrogens with two attached hydrogens (primary N) is 1. The molecule has 0 fully saturated rings. The van der Waals surface area contributed by atoms with E-state index in [1.54, 1.807) is 0 Å². The predicted octanol–water partition coefficient (Wildman–Crippen LogP) is 4.71. The second-order valence-corrected chi connectivity index (χ2v) is 6.86. The second-order valence-electron chi connectivity index (χ2n) is 6.42. The molecule has 120 valence electrons. The zero-order chi connectivity index (χ0) is 16.4. The van der Waals surface area contributed by atoms with Crippen molar-refractivity contribution in [2.75, 3.05) is 0 Å². The molecular formula is C20H22ClNO. The lowest BCUT2D eigenvalue weighted by molar-refractivity contribution is 0.176. The van der Waals surface area contributed by atoms with Gasteiger partial charge in [0, 0.05) is 16.6 Å². The Morgan fingerprint density at radius 3 is 2.57 bits per heavy atom. The molecule has 0 saturated carbocycles. The van der Waals surface area contributed by atoms with Crippen LogP contribution in [0.5, 0.6) is 5.75 Å². The molecule has 1 aliphatic heterocycles. The van der Waals surface area contributed by atoms with Crippen LogP contribution in [0.3, 0.4) is 0 Å². The Morgan fingerprint density at radius 2 is 1.87 bits per heavy atom. The molecule has 2 aromatic carbocycles. The lowest BCUT2D eigenvalue weighted by Gasteiger charge is -2.33. The van der Waals surface area contributed by atoms with Crippen molar-refractivity contribution in [2.45, 2.75) is 32.4 Å². The Hall–Kier alpha value is -1.77. The van der Waals surface area contributed by atoms with Crippen molar-refractivity contribution in [3.8, 4) is 5.75 Å². The molecule has 3 heteroatoms. The molecule has 0 spiro atoms. The van der Waals surface area contributed by atoms with Gasteiger partial charge in [0.1, 0.15) is 11.9 Å². The van der Waals surface area contributed by atoms with Gasteiger partial charge in [0.05, 0.1) is 0 Å². The molecule has 0 bridgehead atoms. The van der Waals surface area contributed by atoms with Crippen molar-refractivity contribution in [1.29, 1.82) is 0 Å². The molecule has 0 saturated heterocycles. The average molecular weight is 328 g/mol. The van der Waals surface area contributed by atoms with Gasteiger partial charge in [-0.1, -0.05) is 55.8 Å². The van der Waals surface area contributed by atoms with Crippen LogP contribution in [0.15, 0.2) is 54.1 Å². The maximum Gasteiger partial charge on any atom is 0.136 e. The standard InChI is InChI=1S/C20H22ClNO/c1-13(2)19(22)20-16(10-14-6-4-3-5-7-14)11-15-8-9-17(21)12-18(15)23-20/h3-9,11-13,19-20H,10,22H2,1-2H3/t19-,20?/m1/s1. The van der Waals surface area contributed by atoms with Crippen LogP contribution in [0.4, 0.5) is 0 Å². The molecule has 2 nitrogen and oxygen atoms in total. The summed E-state index contributed by atoms with van der Waals surface area (Å²) < 4.78 is 6.24. The Kier molecular flexibility index (Phi) is 4.74. The summed E-state index contributed by atoms with van der Waals surface area (Å²) in [6.45, 7) is 4.25. The van der Waals surface area contributed by atoms with Gasteiger partial charge in [0.2, 0.25) is 0 Å². The van der Waals surface area contributed by atoms with Crippen LogP contribution in [0.1, 0.15) is 25.0 Å². The zero-order valence-electron chi connectivity index (χ0n) is 13.5. The molecule has 1 unspecified atom stereocenters. The van der Waals surface area contributed by atoms with Crippen molar-refractivity contribution in [2.24, 2.45) is 11.7 Å². The summed E-state index contributed by atoms with van der Waals surface area (Å²) in [5, 5.41) is 0.681. The quantitative estimate of drug-likeness (QED) is 0.882. The third-order valence-electron chi connectivity index (χ3n) is 4.31. The van der Waals surface area contributed by atoms with Crippen LogP contribution in [-0.4, -0.2) is 12.1 Å². The van der Waals surface area contributed by atoms with Crippen LogP contribution < -0.4 is 10.5 Å². The molecule has 23 heavy (non-hydrogen) atoms. The van der Waals surface area contributed by atoms with Crippen molar-refractivity contribution < 1.29 is 4.74 Å². The van der Waals surface area contributed by atoms with Crippen molar-refractivity contribution >= 4 is 17.7 Å². The molecule has 0 aliphatic carbocycles. The first-order valence-electron chi connectivity index (χ1n) is 8.01. The second kappa shape index (κ2) is 6.77. The lowest BCUT2D eigenvalue weighted by Crippen LogP contribution is -2.45. The minimum atomic E-state index is -0.124. The summed E-state index contributed by atoms with van der Waals surface area (Å²) in [5.74, 6) is 1.15. The van der Waals surface area contributed by atoms with Gasteiger partial charge in [-0.05, 0) is 47.8 Å². The van der Waals surface area contributed by atoms with Gasteiger partial charge in [-0.25, -0.2) is 0 Å². The molecule has 0 aromatic heterocycles. The highest BCUT2D eigenvalue weighted by Gasteiger charge is 2.30. The zero-order valence-corrected chi connectivity index (χ0v) is 14.3. The number of ether oxygens (including phenoxy) is 1. The summed E-state index contributed by atoms with van der Waals surface area (Å²) in [7, 11) is 0. The number of hydrogen-bond acceptors (Lipinski definition) is 2. The highest BCUT2D eigenvalue weighted by Crippen LogP contribution is 2.35. The van der Waals surface area contributed by atoms with E-state index in [2.05, 4.69) is 44.2 Å². The van der Waals surface area contributed by atoms with Gasteiger partial charge in [-0.3, -0.25) is 0 Å². The van der Waals surface area contributed by atoms with E-state index in [1.165, 1.54) is 11.1 Å². The molecule has 1 heterocycles. The van der Waals surface area contributed by atoms with E-state index >= 15 is 0 Å². The highest BCUT2D eigenvalue weighted by molar-refractivity contribution is 6.30. The fraction of sp³-hybridized carbons (Fsp3) is 0.300. The van der Waals surface area contributed by atoms with Crippen molar-refractivity contribution in [3.63, 3.8) is 0 Å². The van der Waals surface area contributed by atoms with Crippen LogP contribution in [-0.2, 0) is 6.42 Å². The maximum atomic E-state index is 6.43. The first-order chi connectivity index (χ1) is 11.0. The largest absolute Gasteiger partial charge is 0.484 e. The Morgan fingerprint density at radius 1 is 1.13 bits per heavy atom. The first-order valence-corrected chi connectivity index (χ1v) is 8.38. The Balaban J connectivity index is 1.97. The molecule has 0 radical (unpaired) electrons. The van der Waals surface area contributed by atoms with E-state index in [0.717, 1.165) is 17.7 Å². The Labute approximate surface area is 142 Å². The van der Waals surface area contributed by atoms with Gasteiger partial charge in [0.15, 0.2) is 0 Å². The normalized spacial score (nSPS) is 18.1. The van der Waals surface area contributed by atoms with E-state index in [0.29, 0.717) is 10.9 Å². The van der Waals surface area contributed by atoms with E-state index in [1.807, 2.05) is 24.3 Å². The van der Waals surface area contributed by atoms with Gasteiger partial charge in [0.25, 0.3) is 0 Å². The average Bonchev–Trinajstić information content (AvgIpc) is 2.54. The summed E-state index contributed by atoms with van der Waals surface area (Å²) >= 11 is 6.10. The molecule has 2 N–H and O–H groups in total. The molecule has 1 aliphatic rings. The van der Waals surface area contributed by atoms with Gasteiger partial charge < -0.3 is 10.5 Å². The van der Waals surface area contributed by atoms with E-state index in [9.17, 15) is 0 Å². The summed E-state index contributed by atoms with van der Waals surface area (Å²) in [6, 6.07) is 16.1. The van der Waals surface area contributed by atoms with Gasteiger partial charge in [-0.15, -0.1) is 0 Å². The monoisotopic (exact) mass is 327 g/mol. The first kappa shape index (κ1) is 16.1. The molecule has 3 rings (SSSR count). The fourth-order valence-electron chi connectivity index (χ4n) is 2.88. The third-order valence-corrected chi connectivity index (χ3v) is 4.54. The minimum absolute atomic E-state index is 0.0582. The third kappa shape index (κ3) is 3.60. The van der Waals surface area contributed by atoms with E-state index < -0.39 is 0 Å². The SMILES string of the molecule is CC(C)[C@@H](N)C1Oc2cc(Cl)ccc2C=C1Cc1ccccc1. The highest BCUT2D eigenvalue weighted by atomic mass is 35.5. The van der Waals surface area contributed by atoms with E-state index in [-0.39, 0.29) is 12.1 Å².